The lowest BCUT2D eigenvalue weighted by Gasteiger charge is -2.27. The van der Waals surface area contributed by atoms with Crippen LogP contribution in [0.1, 0.15) is 29.5 Å². The minimum atomic E-state index is 0.515. The number of aryl methyl sites for hydroxylation is 2. The molecular weight excluding hydrogens is 409 g/mol. The quantitative estimate of drug-likeness (QED) is 0.393. The number of unbranched alkanes of at least 4 members (excludes halogenated alkanes) is 1. The van der Waals surface area contributed by atoms with Gasteiger partial charge in [0, 0.05) is 18.8 Å². The van der Waals surface area contributed by atoms with Crippen LogP contribution in [0.2, 0.25) is 10.0 Å². The van der Waals surface area contributed by atoms with Crippen LogP contribution in [-0.2, 0) is 6.54 Å². The van der Waals surface area contributed by atoms with Crippen molar-refractivity contribution in [1.29, 1.82) is 0 Å². The maximum atomic E-state index is 6.14. The van der Waals surface area contributed by atoms with Crippen molar-refractivity contribution in [3.8, 4) is 0 Å². The van der Waals surface area contributed by atoms with E-state index in [1.807, 2.05) is 6.07 Å². The molecule has 28 heavy (non-hydrogen) atoms. The highest BCUT2D eigenvalue weighted by molar-refractivity contribution is 7.80. The Bertz CT molecular complexity index is 788. The van der Waals surface area contributed by atoms with Gasteiger partial charge in [-0.1, -0.05) is 52.5 Å². The van der Waals surface area contributed by atoms with Crippen molar-refractivity contribution in [2.24, 2.45) is 0 Å². The SMILES string of the molecule is Cc1cc(C)cc(CN(CCCCN(C)C)C(=S)Nc2ccc(Cl)c(Cl)c2)c1. The van der Waals surface area contributed by atoms with Crippen molar-refractivity contribution < 1.29 is 0 Å². The van der Waals surface area contributed by atoms with Crippen LogP contribution in [0.5, 0.6) is 0 Å². The summed E-state index contributed by atoms with van der Waals surface area (Å²) in [5.74, 6) is 0. The normalized spacial score (nSPS) is 11.0. The van der Waals surface area contributed by atoms with Gasteiger partial charge in [0.25, 0.3) is 0 Å². The summed E-state index contributed by atoms with van der Waals surface area (Å²) in [6.45, 7) is 7.00. The maximum Gasteiger partial charge on any atom is 0.173 e. The van der Waals surface area contributed by atoms with Crippen LogP contribution >= 0.6 is 35.4 Å². The first-order chi connectivity index (χ1) is 13.2. The number of halogens is 2. The molecule has 0 aliphatic rings. The molecule has 2 aromatic carbocycles. The average molecular weight is 438 g/mol. The molecule has 0 atom stereocenters. The molecule has 0 bridgehead atoms. The van der Waals surface area contributed by atoms with E-state index in [1.165, 1.54) is 16.7 Å². The third-order valence-corrected chi connectivity index (χ3v) is 5.50. The van der Waals surface area contributed by atoms with Gasteiger partial charge in [-0.3, -0.25) is 0 Å². The number of hydrogen-bond donors (Lipinski definition) is 1. The maximum absolute atomic E-state index is 6.14. The number of anilines is 1. The van der Waals surface area contributed by atoms with Crippen molar-refractivity contribution in [3.63, 3.8) is 0 Å². The second-order valence-electron chi connectivity index (χ2n) is 7.49. The predicted molar refractivity (Wildman–Crippen MR) is 127 cm³/mol. The zero-order valence-corrected chi connectivity index (χ0v) is 19.4. The van der Waals surface area contributed by atoms with E-state index in [9.17, 15) is 0 Å². The fraction of sp³-hybridized carbons (Fsp3) is 0.409. The molecule has 152 valence electrons. The lowest BCUT2D eigenvalue weighted by atomic mass is 10.1. The molecule has 0 unspecified atom stereocenters. The molecule has 0 fully saturated rings. The van der Waals surface area contributed by atoms with E-state index in [-0.39, 0.29) is 0 Å². The van der Waals surface area contributed by atoms with Gasteiger partial charge >= 0.3 is 0 Å². The molecule has 0 amide bonds. The Morgan fingerprint density at radius 2 is 1.57 bits per heavy atom. The fourth-order valence-electron chi connectivity index (χ4n) is 3.14. The van der Waals surface area contributed by atoms with Crippen LogP contribution in [0.4, 0.5) is 5.69 Å². The highest BCUT2D eigenvalue weighted by Gasteiger charge is 2.12. The Kier molecular flexibility index (Phi) is 9.03. The van der Waals surface area contributed by atoms with Gasteiger partial charge in [0.05, 0.1) is 10.0 Å². The fourth-order valence-corrected chi connectivity index (χ4v) is 3.71. The molecule has 6 heteroatoms. The summed E-state index contributed by atoms with van der Waals surface area (Å²) in [4.78, 5) is 4.43. The third-order valence-electron chi connectivity index (χ3n) is 4.40. The van der Waals surface area contributed by atoms with Crippen molar-refractivity contribution in [1.82, 2.24) is 9.80 Å². The van der Waals surface area contributed by atoms with Gasteiger partial charge in [0.2, 0.25) is 0 Å². The predicted octanol–water partition coefficient (Wildman–Crippen LogP) is 6.15. The minimum Gasteiger partial charge on any atom is -0.345 e. The van der Waals surface area contributed by atoms with Crippen LogP contribution in [0.25, 0.3) is 0 Å². The van der Waals surface area contributed by atoms with E-state index >= 15 is 0 Å². The number of hydrogen-bond acceptors (Lipinski definition) is 2. The molecule has 0 aliphatic heterocycles. The zero-order chi connectivity index (χ0) is 20.7. The summed E-state index contributed by atoms with van der Waals surface area (Å²) in [5.41, 5.74) is 4.65. The highest BCUT2D eigenvalue weighted by atomic mass is 35.5. The highest BCUT2D eigenvalue weighted by Crippen LogP contribution is 2.25. The molecule has 0 aliphatic carbocycles. The van der Waals surface area contributed by atoms with E-state index in [0.29, 0.717) is 15.2 Å². The standard InChI is InChI=1S/C22H29Cl2N3S/c1-16-11-17(2)13-18(12-16)15-27(10-6-5-9-26(3)4)22(28)25-19-7-8-20(23)21(24)14-19/h7-8,11-14H,5-6,9-10,15H2,1-4H3,(H,25,28). The Morgan fingerprint density at radius 1 is 0.929 bits per heavy atom. The number of benzene rings is 2. The van der Waals surface area contributed by atoms with Crippen molar-refractivity contribution in [3.05, 3.63) is 63.1 Å². The Morgan fingerprint density at radius 3 is 2.18 bits per heavy atom. The van der Waals surface area contributed by atoms with E-state index in [4.69, 9.17) is 35.4 Å². The first-order valence-electron chi connectivity index (χ1n) is 9.47. The van der Waals surface area contributed by atoms with Gasteiger partial charge < -0.3 is 15.1 Å². The molecule has 2 rings (SSSR count). The molecule has 0 saturated heterocycles. The number of thiocarbonyl (C=S) groups is 1. The zero-order valence-electron chi connectivity index (χ0n) is 17.1. The third kappa shape index (κ3) is 7.59. The first-order valence-corrected chi connectivity index (χ1v) is 10.6. The van der Waals surface area contributed by atoms with Crippen LogP contribution in [0.3, 0.4) is 0 Å². The van der Waals surface area contributed by atoms with Gasteiger partial charge in [-0.25, -0.2) is 0 Å². The Labute approximate surface area is 184 Å². The van der Waals surface area contributed by atoms with Crippen LogP contribution in [0, 0.1) is 13.8 Å². The summed E-state index contributed by atoms with van der Waals surface area (Å²) in [6.07, 6.45) is 2.21. The van der Waals surface area contributed by atoms with Crippen LogP contribution in [0.15, 0.2) is 36.4 Å². The topological polar surface area (TPSA) is 18.5 Å². The lowest BCUT2D eigenvalue weighted by molar-refractivity contribution is 0.359. The Hall–Kier alpha value is -1.33. The minimum absolute atomic E-state index is 0.515. The molecule has 0 aromatic heterocycles. The van der Waals surface area contributed by atoms with Gasteiger partial charge in [-0.15, -0.1) is 0 Å². The van der Waals surface area contributed by atoms with Gasteiger partial charge in [-0.2, -0.15) is 0 Å². The molecule has 0 spiro atoms. The van der Waals surface area contributed by atoms with Gasteiger partial charge in [0.1, 0.15) is 0 Å². The second kappa shape index (κ2) is 11.0. The molecule has 2 aromatic rings. The lowest BCUT2D eigenvalue weighted by Crippen LogP contribution is -2.35. The van der Waals surface area contributed by atoms with Crippen molar-refractivity contribution in [2.75, 3.05) is 32.5 Å². The molecule has 0 saturated carbocycles. The van der Waals surface area contributed by atoms with E-state index in [2.05, 4.69) is 61.3 Å². The van der Waals surface area contributed by atoms with E-state index < -0.39 is 0 Å². The summed E-state index contributed by atoms with van der Waals surface area (Å²) in [7, 11) is 4.20. The molecule has 0 heterocycles. The van der Waals surface area contributed by atoms with Crippen molar-refractivity contribution in [2.45, 2.75) is 33.2 Å². The van der Waals surface area contributed by atoms with Crippen LogP contribution < -0.4 is 5.32 Å². The summed E-state index contributed by atoms with van der Waals surface area (Å²) in [6, 6.07) is 12.1. The summed E-state index contributed by atoms with van der Waals surface area (Å²) < 4.78 is 0. The summed E-state index contributed by atoms with van der Waals surface area (Å²) >= 11 is 17.9. The van der Waals surface area contributed by atoms with Crippen molar-refractivity contribution >= 4 is 46.2 Å². The van der Waals surface area contributed by atoms with Gasteiger partial charge in [-0.05, 0) is 83.3 Å². The largest absolute Gasteiger partial charge is 0.345 e. The second-order valence-corrected chi connectivity index (χ2v) is 8.69. The Balaban J connectivity index is 2.10. The summed E-state index contributed by atoms with van der Waals surface area (Å²) in [5, 5.41) is 5.06. The number of rotatable bonds is 8. The smallest absolute Gasteiger partial charge is 0.173 e. The number of nitrogens with one attached hydrogen (secondary N) is 1. The molecule has 1 N–H and O–H groups in total. The number of nitrogens with zero attached hydrogens (tertiary/aromatic N) is 2. The molecule has 0 radical (unpaired) electrons. The molecule has 3 nitrogen and oxygen atoms in total. The molecular formula is C22H29Cl2N3S. The van der Waals surface area contributed by atoms with E-state index in [0.717, 1.165) is 38.2 Å². The monoisotopic (exact) mass is 437 g/mol. The van der Waals surface area contributed by atoms with Gasteiger partial charge in [0.15, 0.2) is 5.11 Å². The first kappa shape index (κ1) is 23.0. The van der Waals surface area contributed by atoms with E-state index in [1.54, 1.807) is 12.1 Å². The average Bonchev–Trinajstić information content (AvgIpc) is 2.59. The van der Waals surface area contributed by atoms with Crippen LogP contribution in [-0.4, -0.2) is 42.1 Å².